The van der Waals surface area contributed by atoms with Gasteiger partial charge in [-0.3, -0.25) is 4.79 Å². The van der Waals surface area contributed by atoms with Gasteiger partial charge in [0, 0.05) is 17.0 Å². The summed E-state index contributed by atoms with van der Waals surface area (Å²) < 4.78 is 15.6. The van der Waals surface area contributed by atoms with E-state index in [2.05, 4.69) is 5.32 Å². The minimum atomic E-state index is -0.484. The molecule has 1 aliphatic heterocycles. The van der Waals surface area contributed by atoms with Crippen LogP contribution >= 0.6 is 11.3 Å². The number of carbonyl (C=O) groups is 2. The first-order chi connectivity index (χ1) is 12.5. The third-order valence-corrected chi connectivity index (χ3v) is 5.33. The van der Waals surface area contributed by atoms with E-state index >= 15 is 0 Å². The van der Waals surface area contributed by atoms with Gasteiger partial charge < -0.3 is 19.5 Å². The summed E-state index contributed by atoms with van der Waals surface area (Å²) in [4.78, 5) is 25.8. The summed E-state index contributed by atoms with van der Waals surface area (Å²) in [5.74, 6) is 0.0196. The minimum Gasteiger partial charge on any atom is -0.497 e. The number of nitrogens with one attached hydrogen (secondary N) is 1. The van der Waals surface area contributed by atoms with Crippen LogP contribution in [0.2, 0.25) is 0 Å². The zero-order valence-electron chi connectivity index (χ0n) is 15.0. The lowest BCUT2D eigenvalue weighted by Gasteiger charge is -2.11. The average molecular weight is 375 g/mol. The molecule has 7 heteroatoms. The van der Waals surface area contributed by atoms with Crippen molar-refractivity contribution in [2.24, 2.45) is 0 Å². The summed E-state index contributed by atoms with van der Waals surface area (Å²) in [6.07, 6.45) is 1.09. The van der Waals surface area contributed by atoms with Gasteiger partial charge in [0.05, 0.1) is 14.2 Å². The number of anilines is 1. The van der Waals surface area contributed by atoms with E-state index in [0.717, 1.165) is 28.2 Å². The van der Waals surface area contributed by atoms with Crippen LogP contribution in [-0.4, -0.2) is 38.8 Å². The molecule has 1 aliphatic rings. The Morgan fingerprint density at radius 1 is 1.23 bits per heavy atom. The van der Waals surface area contributed by atoms with Gasteiger partial charge in [-0.1, -0.05) is 12.1 Å². The smallest absolute Gasteiger partial charge is 0.341 e. The largest absolute Gasteiger partial charge is 0.497 e. The summed E-state index contributed by atoms with van der Waals surface area (Å²) in [5, 5.41) is 3.34. The standard InChI is InChI=1S/C19H21NO5S/c1-11-15(12-6-8-13(23-2)9-7-12)16(19(22)24-3)18(26-11)20-17(21)14-5-4-10-25-14/h6-9,14H,4-5,10H2,1-3H3,(H,20,21)/t14-/m0/s1. The molecule has 1 fully saturated rings. The van der Waals surface area contributed by atoms with E-state index in [9.17, 15) is 9.59 Å². The van der Waals surface area contributed by atoms with Gasteiger partial charge in [0.25, 0.3) is 5.91 Å². The van der Waals surface area contributed by atoms with Crippen molar-refractivity contribution in [2.75, 3.05) is 26.1 Å². The second kappa shape index (κ2) is 7.88. The Morgan fingerprint density at radius 2 is 1.96 bits per heavy atom. The van der Waals surface area contributed by atoms with Crippen LogP contribution < -0.4 is 10.1 Å². The van der Waals surface area contributed by atoms with Gasteiger partial charge in [-0.05, 0) is 37.5 Å². The average Bonchev–Trinajstić information content (AvgIpc) is 3.29. The van der Waals surface area contributed by atoms with Crippen molar-refractivity contribution in [3.63, 3.8) is 0 Å². The highest BCUT2D eigenvalue weighted by Crippen LogP contribution is 2.41. The van der Waals surface area contributed by atoms with Crippen LogP contribution in [0, 0.1) is 6.92 Å². The number of aryl methyl sites for hydroxylation is 1. The number of ether oxygens (including phenoxy) is 3. The maximum atomic E-state index is 12.4. The Labute approximate surface area is 156 Å². The monoisotopic (exact) mass is 375 g/mol. The van der Waals surface area contributed by atoms with Crippen LogP contribution in [-0.2, 0) is 14.3 Å². The summed E-state index contributed by atoms with van der Waals surface area (Å²) in [5.41, 5.74) is 1.98. The van der Waals surface area contributed by atoms with Gasteiger partial charge in [0.2, 0.25) is 0 Å². The van der Waals surface area contributed by atoms with Crippen molar-refractivity contribution in [3.05, 3.63) is 34.7 Å². The molecule has 1 amide bonds. The lowest BCUT2D eigenvalue weighted by atomic mass is 10.0. The SMILES string of the molecule is COC(=O)c1c(NC(=O)[C@@H]2CCCO2)sc(C)c1-c1ccc(OC)cc1. The number of hydrogen-bond acceptors (Lipinski definition) is 6. The minimum absolute atomic E-state index is 0.227. The van der Waals surface area contributed by atoms with Crippen molar-refractivity contribution in [1.29, 1.82) is 0 Å². The highest BCUT2D eigenvalue weighted by Gasteiger charge is 2.29. The zero-order chi connectivity index (χ0) is 18.7. The van der Waals surface area contributed by atoms with Crippen molar-refractivity contribution in [1.82, 2.24) is 0 Å². The molecule has 0 bridgehead atoms. The number of amides is 1. The van der Waals surface area contributed by atoms with E-state index in [4.69, 9.17) is 14.2 Å². The van der Waals surface area contributed by atoms with E-state index in [0.29, 0.717) is 23.6 Å². The van der Waals surface area contributed by atoms with Crippen LogP contribution in [0.25, 0.3) is 11.1 Å². The predicted molar refractivity (Wildman–Crippen MR) is 100.0 cm³/mol. The Balaban J connectivity index is 1.99. The molecule has 26 heavy (non-hydrogen) atoms. The molecule has 0 aliphatic carbocycles. The summed E-state index contributed by atoms with van der Waals surface area (Å²) in [6, 6.07) is 7.42. The molecular weight excluding hydrogens is 354 g/mol. The fourth-order valence-corrected chi connectivity index (χ4v) is 4.08. The number of carbonyl (C=O) groups excluding carboxylic acids is 2. The van der Waals surface area contributed by atoms with E-state index in [1.54, 1.807) is 7.11 Å². The molecule has 1 saturated heterocycles. The Bertz CT molecular complexity index is 806. The first-order valence-electron chi connectivity index (χ1n) is 8.33. The Morgan fingerprint density at radius 3 is 2.54 bits per heavy atom. The lowest BCUT2D eigenvalue weighted by Crippen LogP contribution is -2.27. The second-order valence-corrected chi connectivity index (χ2v) is 7.17. The van der Waals surface area contributed by atoms with Crippen LogP contribution in [0.15, 0.2) is 24.3 Å². The molecule has 0 radical (unpaired) electrons. The van der Waals surface area contributed by atoms with Gasteiger partial charge in [0.1, 0.15) is 22.4 Å². The molecule has 6 nitrogen and oxygen atoms in total. The lowest BCUT2D eigenvalue weighted by molar-refractivity contribution is -0.124. The molecule has 0 spiro atoms. The molecule has 1 aromatic carbocycles. The number of thiophene rings is 1. The predicted octanol–water partition coefficient (Wildman–Crippen LogP) is 3.64. The van der Waals surface area contributed by atoms with Gasteiger partial charge in [0.15, 0.2) is 0 Å². The number of esters is 1. The molecule has 0 saturated carbocycles. The van der Waals surface area contributed by atoms with Crippen molar-refractivity contribution in [2.45, 2.75) is 25.9 Å². The van der Waals surface area contributed by atoms with Crippen molar-refractivity contribution in [3.8, 4) is 16.9 Å². The molecule has 3 rings (SSSR count). The third-order valence-electron chi connectivity index (χ3n) is 4.31. The summed E-state index contributed by atoms with van der Waals surface area (Å²) in [6.45, 7) is 2.50. The highest BCUT2D eigenvalue weighted by atomic mass is 32.1. The van der Waals surface area contributed by atoms with Crippen molar-refractivity contribution >= 4 is 28.2 Å². The topological polar surface area (TPSA) is 73.9 Å². The van der Waals surface area contributed by atoms with E-state index in [-0.39, 0.29) is 5.91 Å². The number of rotatable bonds is 5. The molecule has 138 valence electrons. The van der Waals surface area contributed by atoms with Crippen molar-refractivity contribution < 1.29 is 23.8 Å². The van der Waals surface area contributed by atoms with E-state index in [1.165, 1.54) is 18.4 Å². The summed E-state index contributed by atoms with van der Waals surface area (Å²) in [7, 11) is 2.93. The van der Waals surface area contributed by atoms with Crippen LogP contribution in [0.4, 0.5) is 5.00 Å². The highest BCUT2D eigenvalue weighted by molar-refractivity contribution is 7.17. The second-order valence-electron chi connectivity index (χ2n) is 5.95. The molecule has 1 atom stereocenters. The number of methoxy groups -OCH3 is 2. The first-order valence-corrected chi connectivity index (χ1v) is 9.15. The van der Waals surface area contributed by atoms with Gasteiger partial charge in [-0.25, -0.2) is 4.79 Å². The zero-order valence-corrected chi connectivity index (χ0v) is 15.8. The van der Waals surface area contributed by atoms with E-state index in [1.807, 2.05) is 31.2 Å². The number of hydrogen-bond donors (Lipinski definition) is 1. The van der Waals surface area contributed by atoms with Gasteiger partial charge in [-0.15, -0.1) is 11.3 Å². The fourth-order valence-electron chi connectivity index (χ4n) is 3.01. The third kappa shape index (κ3) is 3.59. The van der Waals surface area contributed by atoms with Crippen LogP contribution in [0.1, 0.15) is 28.1 Å². The number of benzene rings is 1. The van der Waals surface area contributed by atoms with Crippen LogP contribution in [0.5, 0.6) is 5.75 Å². The van der Waals surface area contributed by atoms with Crippen LogP contribution in [0.3, 0.4) is 0 Å². The Hall–Kier alpha value is -2.38. The molecule has 1 aromatic heterocycles. The van der Waals surface area contributed by atoms with Gasteiger partial charge >= 0.3 is 5.97 Å². The first kappa shape index (κ1) is 18.4. The molecule has 0 unspecified atom stereocenters. The summed E-state index contributed by atoms with van der Waals surface area (Å²) >= 11 is 1.36. The van der Waals surface area contributed by atoms with Gasteiger partial charge in [-0.2, -0.15) is 0 Å². The molecule has 1 N–H and O–H groups in total. The molecular formula is C19H21NO5S. The fraction of sp³-hybridized carbons (Fsp3) is 0.368. The maximum Gasteiger partial charge on any atom is 0.341 e. The normalized spacial score (nSPS) is 16.3. The molecule has 2 aromatic rings. The maximum absolute atomic E-state index is 12.4. The quantitative estimate of drug-likeness (QED) is 0.808. The Kier molecular flexibility index (Phi) is 5.58. The van der Waals surface area contributed by atoms with E-state index < -0.39 is 12.1 Å². The molecule has 2 heterocycles.